The number of allylic oxidation sites excluding steroid dienone is 1. The molecule has 1 rings (SSSR count). The van der Waals surface area contributed by atoms with E-state index in [1.54, 1.807) is 17.4 Å². The van der Waals surface area contributed by atoms with Gasteiger partial charge < -0.3 is 9.84 Å². The molecule has 0 radical (unpaired) electrons. The first-order valence-corrected chi connectivity index (χ1v) is 4.80. The van der Waals surface area contributed by atoms with E-state index >= 15 is 0 Å². The van der Waals surface area contributed by atoms with E-state index in [4.69, 9.17) is 9.84 Å². The van der Waals surface area contributed by atoms with Gasteiger partial charge in [0.2, 0.25) is 0 Å². The van der Waals surface area contributed by atoms with Crippen LogP contribution in [0, 0.1) is 0 Å². The van der Waals surface area contributed by atoms with Crippen molar-refractivity contribution in [2.45, 2.75) is 0 Å². The van der Waals surface area contributed by atoms with Gasteiger partial charge in [-0.3, -0.25) is 0 Å². The van der Waals surface area contributed by atoms with Crippen molar-refractivity contribution < 1.29 is 14.6 Å². The van der Waals surface area contributed by atoms with Crippen LogP contribution in [0.2, 0.25) is 0 Å². The summed E-state index contributed by atoms with van der Waals surface area (Å²) in [4.78, 5) is 11.4. The zero-order chi connectivity index (χ0) is 10.4. The van der Waals surface area contributed by atoms with Gasteiger partial charge in [-0.2, -0.15) is 0 Å². The van der Waals surface area contributed by atoms with E-state index in [1.165, 1.54) is 7.11 Å². The van der Waals surface area contributed by atoms with Crippen LogP contribution < -0.4 is 0 Å². The summed E-state index contributed by atoms with van der Waals surface area (Å²) in [6.45, 7) is 0. The van der Waals surface area contributed by atoms with Gasteiger partial charge in [-0.15, -0.1) is 11.3 Å². The molecular weight excluding hydrogens is 200 g/mol. The summed E-state index contributed by atoms with van der Waals surface area (Å²) in [5.41, 5.74) is 0. The minimum atomic E-state index is -1.02. The van der Waals surface area contributed by atoms with Crippen LogP contribution in [0.3, 0.4) is 0 Å². The molecule has 1 aromatic heterocycles. The number of methoxy groups -OCH3 is 1. The fraction of sp³-hybridized carbons (Fsp3) is 0.100. The number of carboxylic acid groups (broad SMARTS) is 1. The Morgan fingerprint density at radius 1 is 1.64 bits per heavy atom. The van der Waals surface area contributed by atoms with Crippen molar-refractivity contribution in [2.24, 2.45) is 0 Å². The first-order chi connectivity index (χ1) is 6.72. The molecule has 74 valence electrons. The molecule has 0 unspecified atom stereocenters. The van der Waals surface area contributed by atoms with Crippen molar-refractivity contribution in [1.82, 2.24) is 0 Å². The van der Waals surface area contributed by atoms with Gasteiger partial charge in [0.05, 0.1) is 13.2 Å². The van der Waals surface area contributed by atoms with E-state index in [-0.39, 0.29) is 0 Å². The maximum atomic E-state index is 10.3. The van der Waals surface area contributed by atoms with E-state index in [1.807, 2.05) is 23.6 Å². The Hall–Kier alpha value is -1.55. The number of rotatable bonds is 4. The largest absolute Gasteiger partial charge is 0.496 e. The van der Waals surface area contributed by atoms with Crippen molar-refractivity contribution in [3.63, 3.8) is 0 Å². The Balaban J connectivity index is 2.70. The molecule has 0 spiro atoms. The Kier molecular flexibility index (Phi) is 3.94. The number of carboxylic acids is 1. The average Bonchev–Trinajstić information content (AvgIpc) is 2.64. The topological polar surface area (TPSA) is 46.5 Å². The van der Waals surface area contributed by atoms with Crippen molar-refractivity contribution in [3.8, 4) is 0 Å². The number of hydrogen-bond acceptors (Lipinski definition) is 3. The lowest BCUT2D eigenvalue weighted by Gasteiger charge is -1.96. The predicted molar refractivity (Wildman–Crippen MR) is 56.1 cm³/mol. The molecule has 0 saturated carbocycles. The van der Waals surface area contributed by atoms with Gasteiger partial charge in [0.15, 0.2) is 0 Å². The van der Waals surface area contributed by atoms with Gasteiger partial charge in [-0.05, 0) is 23.6 Å². The van der Waals surface area contributed by atoms with Gasteiger partial charge in [0.1, 0.15) is 5.76 Å². The highest BCUT2D eigenvalue weighted by Crippen LogP contribution is 2.12. The first kappa shape index (κ1) is 10.5. The van der Waals surface area contributed by atoms with Crippen LogP contribution in [0.1, 0.15) is 4.88 Å². The van der Waals surface area contributed by atoms with Gasteiger partial charge in [-0.25, -0.2) is 4.79 Å². The van der Waals surface area contributed by atoms with Gasteiger partial charge >= 0.3 is 5.97 Å². The van der Waals surface area contributed by atoms with Crippen LogP contribution in [-0.4, -0.2) is 18.2 Å². The molecule has 3 nitrogen and oxygen atoms in total. The number of carbonyl (C=O) groups is 1. The van der Waals surface area contributed by atoms with Gasteiger partial charge in [0, 0.05) is 4.88 Å². The molecule has 14 heavy (non-hydrogen) atoms. The predicted octanol–water partition coefficient (Wildman–Crippen LogP) is 2.38. The first-order valence-electron chi connectivity index (χ1n) is 3.92. The quantitative estimate of drug-likeness (QED) is 0.471. The zero-order valence-electron chi connectivity index (χ0n) is 7.64. The third-order valence-corrected chi connectivity index (χ3v) is 2.29. The van der Waals surface area contributed by atoms with Crippen molar-refractivity contribution in [1.29, 1.82) is 0 Å². The van der Waals surface area contributed by atoms with E-state index in [9.17, 15) is 4.79 Å². The van der Waals surface area contributed by atoms with Crippen LogP contribution in [0.25, 0.3) is 6.08 Å². The Bertz CT molecular complexity index is 349. The van der Waals surface area contributed by atoms with E-state index < -0.39 is 5.97 Å². The highest BCUT2D eigenvalue weighted by Gasteiger charge is 1.95. The van der Waals surface area contributed by atoms with E-state index in [0.717, 1.165) is 11.0 Å². The molecule has 1 heterocycles. The second kappa shape index (κ2) is 5.24. The summed E-state index contributed by atoms with van der Waals surface area (Å²) in [6.07, 6.45) is 4.45. The van der Waals surface area contributed by atoms with Gasteiger partial charge in [-0.1, -0.05) is 6.07 Å². The average molecular weight is 210 g/mol. The lowest BCUT2D eigenvalue weighted by molar-refractivity contribution is -0.131. The van der Waals surface area contributed by atoms with E-state index in [2.05, 4.69) is 0 Å². The highest BCUT2D eigenvalue weighted by atomic mass is 32.1. The molecule has 0 aliphatic carbocycles. The van der Waals surface area contributed by atoms with Crippen LogP contribution in [0.15, 0.2) is 35.4 Å². The van der Waals surface area contributed by atoms with E-state index in [0.29, 0.717) is 5.76 Å². The molecule has 0 bridgehead atoms. The Morgan fingerprint density at radius 2 is 2.43 bits per heavy atom. The fourth-order valence-corrected chi connectivity index (χ4v) is 1.47. The standard InChI is InChI=1S/C10H10O3S/c1-13-8(7-10(11)12)4-5-9-3-2-6-14-9/h2-7H,1H3,(H,11,12). The minimum Gasteiger partial charge on any atom is -0.496 e. The molecule has 0 aliphatic rings. The Morgan fingerprint density at radius 3 is 2.93 bits per heavy atom. The number of aliphatic carboxylic acids is 1. The molecule has 0 saturated heterocycles. The monoisotopic (exact) mass is 210 g/mol. The minimum absolute atomic E-state index is 0.325. The molecule has 0 fully saturated rings. The lowest BCUT2D eigenvalue weighted by atomic mass is 10.3. The second-order valence-electron chi connectivity index (χ2n) is 2.44. The third kappa shape index (κ3) is 3.45. The Labute approximate surface area is 86.0 Å². The molecule has 0 aliphatic heterocycles. The summed E-state index contributed by atoms with van der Waals surface area (Å²) in [7, 11) is 1.44. The molecule has 0 atom stereocenters. The molecular formula is C10H10O3S. The summed E-state index contributed by atoms with van der Waals surface area (Å²) in [5, 5.41) is 10.4. The van der Waals surface area contributed by atoms with Crippen LogP contribution >= 0.6 is 11.3 Å². The molecule has 0 aromatic carbocycles. The third-order valence-electron chi connectivity index (χ3n) is 1.46. The highest BCUT2D eigenvalue weighted by molar-refractivity contribution is 7.10. The van der Waals surface area contributed by atoms with Crippen molar-refractivity contribution >= 4 is 23.4 Å². The zero-order valence-corrected chi connectivity index (χ0v) is 8.45. The normalized spacial score (nSPS) is 11.9. The number of thiophene rings is 1. The van der Waals surface area contributed by atoms with Crippen LogP contribution in [0.5, 0.6) is 0 Å². The summed E-state index contributed by atoms with van der Waals surface area (Å²) in [6, 6.07) is 3.87. The molecule has 0 amide bonds. The summed E-state index contributed by atoms with van der Waals surface area (Å²) in [5.74, 6) is -0.691. The second-order valence-corrected chi connectivity index (χ2v) is 3.42. The lowest BCUT2D eigenvalue weighted by Crippen LogP contribution is -1.91. The maximum Gasteiger partial charge on any atom is 0.332 e. The fourth-order valence-electron chi connectivity index (χ4n) is 0.847. The number of hydrogen-bond donors (Lipinski definition) is 1. The van der Waals surface area contributed by atoms with Crippen LogP contribution in [-0.2, 0) is 9.53 Å². The summed E-state index contributed by atoms with van der Waals surface area (Å²) < 4.78 is 4.86. The van der Waals surface area contributed by atoms with Crippen molar-refractivity contribution in [3.05, 3.63) is 40.3 Å². The maximum absolute atomic E-state index is 10.3. The molecule has 1 aromatic rings. The number of ether oxygens (including phenoxy) is 1. The SMILES string of the molecule is COC(C=Cc1cccs1)=CC(=O)O. The van der Waals surface area contributed by atoms with Crippen molar-refractivity contribution in [2.75, 3.05) is 7.11 Å². The smallest absolute Gasteiger partial charge is 0.332 e. The van der Waals surface area contributed by atoms with Gasteiger partial charge in [0.25, 0.3) is 0 Å². The summed E-state index contributed by atoms with van der Waals surface area (Å²) >= 11 is 1.58. The van der Waals surface area contributed by atoms with Crippen LogP contribution in [0.4, 0.5) is 0 Å². The molecule has 4 heteroatoms. The molecule has 1 N–H and O–H groups in total.